The number of rotatable bonds is 2. The minimum atomic E-state index is -0.266. The predicted molar refractivity (Wildman–Crippen MR) is 85.8 cm³/mol. The van der Waals surface area contributed by atoms with Crippen molar-refractivity contribution in [3.05, 3.63) is 55.7 Å². The summed E-state index contributed by atoms with van der Waals surface area (Å²) in [5, 5.41) is 3.67. The minimum Gasteiger partial charge on any atom is -0.321 e. The van der Waals surface area contributed by atoms with Gasteiger partial charge in [-0.1, -0.05) is 23.2 Å². The van der Waals surface area contributed by atoms with Crippen LogP contribution in [0.1, 0.15) is 21.6 Å². The maximum atomic E-state index is 12.2. The second-order valence-corrected chi connectivity index (χ2v) is 6.00. The van der Waals surface area contributed by atoms with Crippen molar-refractivity contribution < 1.29 is 4.79 Å². The third-order valence-electron chi connectivity index (χ3n) is 2.68. The van der Waals surface area contributed by atoms with Crippen molar-refractivity contribution in [3.8, 4) is 0 Å². The number of carbonyl (C=O) groups excluding carboxylic acids is 1. The molecule has 0 aliphatic rings. The van der Waals surface area contributed by atoms with Crippen LogP contribution >= 0.6 is 39.1 Å². The second kappa shape index (κ2) is 6.12. The van der Waals surface area contributed by atoms with Crippen LogP contribution in [0.15, 0.2) is 28.7 Å². The van der Waals surface area contributed by atoms with Crippen LogP contribution in [0.2, 0.25) is 10.2 Å². The summed E-state index contributed by atoms with van der Waals surface area (Å²) in [6.45, 7) is 3.67. The number of carbonyl (C=O) groups is 1. The molecule has 6 heteroatoms. The van der Waals surface area contributed by atoms with Gasteiger partial charge < -0.3 is 5.32 Å². The first-order valence-electron chi connectivity index (χ1n) is 5.78. The number of hydrogen-bond acceptors (Lipinski definition) is 2. The second-order valence-electron chi connectivity index (χ2n) is 4.36. The van der Waals surface area contributed by atoms with E-state index in [4.69, 9.17) is 23.2 Å². The molecule has 0 aliphatic heterocycles. The Morgan fingerprint density at radius 2 is 1.90 bits per heavy atom. The molecule has 1 aromatic heterocycles. The zero-order chi connectivity index (χ0) is 14.9. The van der Waals surface area contributed by atoms with Crippen molar-refractivity contribution in [1.82, 2.24) is 4.98 Å². The molecule has 1 amide bonds. The third kappa shape index (κ3) is 3.51. The molecule has 1 aromatic carbocycles. The number of pyridine rings is 1. The first kappa shape index (κ1) is 15.3. The molecule has 0 saturated heterocycles. The average molecular weight is 374 g/mol. The van der Waals surface area contributed by atoms with Gasteiger partial charge >= 0.3 is 0 Å². The predicted octanol–water partition coefficient (Wildman–Crippen LogP) is 5.02. The van der Waals surface area contributed by atoms with Crippen molar-refractivity contribution >= 4 is 50.7 Å². The standard InChI is InChI=1S/C14H11BrCl2N2O/c1-7-3-10(15)12(6-11(7)16)19-14(20)9-4-8(2)18-13(17)5-9/h3-6H,1-2H3,(H,19,20). The molecular formula is C14H11BrCl2N2O. The number of aromatic nitrogens is 1. The molecule has 1 heterocycles. The molecular weight excluding hydrogens is 363 g/mol. The van der Waals surface area contributed by atoms with Gasteiger partial charge in [-0.05, 0) is 59.6 Å². The number of nitrogens with one attached hydrogen (secondary N) is 1. The van der Waals surface area contributed by atoms with Crippen LogP contribution < -0.4 is 5.32 Å². The first-order valence-corrected chi connectivity index (χ1v) is 7.33. The van der Waals surface area contributed by atoms with Gasteiger partial charge in [0.2, 0.25) is 0 Å². The number of anilines is 1. The van der Waals surface area contributed by atoms with Gasteiger partial charge in [-0.25, -0.2) is 4.98 Å². The Balaban J connectivity index is 2.30. The lowest BCUT2D eigenvalue weighted by molar-refractivity contribution is 0.102. The van der Waals surface area contributed by atoms with Crippen LogP contribution in [0.4, 0.5) is 5.69 Å². The van der Waals surface area contributed by atoms with Crippen LogP contribution in [0.3, 0.4) is 0 Å². The van der Waals surface area contributed by atoms with E-state index >= 15 is 0 Å². The van der Waals surface area contributed by atoms with Crippen molar-refractivity contribution in [2.45, 2.75) is 13.8 Å². The molecule has 104 valence electrons. The Morgan fingerprint density at radius 1 is 1.20 bits per heavy atom. The van der Waals surface area contributed by atoms with Crippen molar-refractivity contribution in [2.24, 2.45) is 0 Å². The van der Waals surface area contributed by atoms with Gasteiger partial charge in [0.25, 0.3) is 5.91 Å². The van der Waals surface area contributed by atoms with E-state index in [0.29, 0.717) is 22.0 Å². The van der Waals surface area contributed by atoms with E-state index in [-0.39, 0.29) is 11.1 Å². The number of aryl methyl sites for hydroxylation is 2. The highest BCUT2D eigenvalue weighted by Crippen LogP contribution is 2.29. The smallest absolute Gasteiger partial charge is 0.255 e. The lowest BCUT2D eigenvalue weighted by Gasteiger charge is -2.10. The lowest BCUT2D eigenvalue weighted by Crippen LogP contribution is -2.13. The molecule has 3 nitrogen and oxygen atoms in total. The number of nitrogens with zero attached hydrogens (tertiary/aromatic N) is 1. The SMILES string of the molecule is Cc1cc(C(=O)Nc2cc(Cl)c(C)cc2Br)cc(Cl)n1. The molecule has 0 atom stereocenters. The molecule has 2 aromatic rings. The first-order chi connectivity index (χ1) is 9.36. The van der Waals surface area contributed by atoms with Crippen molar-refractivity contribution in [3.63, 3.8) is 0 Å². The Morgan fingerprint density at radius 3 is 2.55 bits per heavy atom. The topological polar surface area (TPSA) is 42.0 Å². The average Bonchev–Trinajstić information content (AvgIpc) is 2.34. The Bertz CT molecular complexity index is 669. The van der Waals surface area contributed by atoms with Gasteiger partial charge in [0.15, 0.2) is 0 Å². The number of hydrogen-bond donors (Lipinski definition) is 1. The summed E-state index contributed by atoms with van der Waals surface area (Å²) in [4.78, 5) is 16.2. The van der Waals surface area contributed by atoms with Gasteiger partial charge in [-0.15, -0.1) is 0 Å². The van der Waals surface area contributed by atoms with Crippen LogP contribution in [0.5, 0.6) is 0 Å². The van der Waals surface area contributed by atoms with Gasteiger partial charge in [-0.3, -0.25) is 4.79 Å². The van der Waals surface area contributed by atoms with Crippen LogP contribution in [0, 0.1) is 13.8 Å². The summed E-state index contributed by atoms with van der Waals surface area (Å²) in [6.07, 6.45) is 0. The minimum absolute atomic E-state index is 0.266. The molecule has 0 radical (unpaired) electrons. The number of amides is 1. The van der Waals surface area contributed by atoms with E-state index in [1.54, 1.807) is 19.1 Å². The zero-order valence-corrected chi connectivity index (χ0v) is 13.9. The molecule has 0 fully saturated rings. The normalized spacial score (nSPS) is 10.4. The summed E-state index contributed by atoms with van der Waals surface area (Å²) in [7, 11) is 0. The maximum Gasteiger partial charge on any atom is 0.255 e. The fourth-order valence-corrected chi connectivity index (χ4v) is 2.67. The van der Waals surface area contributed by atoms with Gasteiger partial charge in [-0.2, -0.15) is 0 Å². The van der Waals surface area contributed by atoms with Gasteiger partial charge in [0, 0.05) is 20.8 Å². The maximum absolute atomic E-state index is 12.2. The Kier molecular flexibility index (Phi) is 4.68. The zero-order valence-electron chi connectivity index (χ0n) is 10.8. The van der Waals surface area contributed by atoms with Gasteiger partial charge in [0.1, 0.15) is 5.15 Å². The molecule has 0 unspecified atom stereocenters. The van der Waals surface area contributed by atoms with E-state index in [2.05, 4.69) is 26.2 Å². The van der Waals surface area contributed by atoms with Gasteiger partial charge in [0.05, 0.1) is 5.69 Å². The summed E-state index contributed by atoms with van der Waals surface area (Å²) >= 11 is 15.3. The van der Waals surface area contributed by atoms with E-state index < -0.39 is 0 Å². The van der Waals surface area contributed by atoms with Crippen molar-refractivity contribution in [2.75, 3.05) is 5.32 Å². The van der Waals surface area contributed by atoms with E-state index in [9.17, 15) is 4.79 Å². The summed E-state index contributed by atoms with van der Waals surface area (Å²) < 4.78 is 0.768. The Hall–Kier alpha value is -1.10. The van der Waals surface area contributed by atoms with Crippen LogP contribution in [-0.4, -0.2) is 10.9 Å². The molecule has 20 heavy (non-hydrogen) atoms. The highest BCUT2D eigenvalue weighted by molar-refractivity contribution is 9.10. The number of benzene rings is 1. The molecule has 1 N–H and O–H groups in total. The molecule has 0 saturated carbocycles. The van der Waals surface area contributed by atoms with E-state index in [1.165, 1.54) is 6.07 Å². The summed E-state index contributed by atoms with van der Waals surface area (Å²) in [5.41, 5.74) is 2.67. The van der Waals surface area contributed by atoms with Crippen LogP contribution in [0.25, 0.3) is 0 Å². The Labute approximate surface area is 135 Å². The highest BCUT2D eigenvalue weighted by Gasteiger charge is 2.11. The summed E-state index contributed by atoms with van der Waals surface area (Å²) in [6, 6.07) is 6.75. The van der Waals surface area contributed by atoms with E-state index in [1.807, 2.05) is 13.0 Å². The highest BCUT2D eigenvalue weighted by atomic mass is 79.9. The molecule has 0 aliphatic carbocycles. The van der Waals surface area contributed by atoms with E-state index in [0.717, 1.165) is 10.0 Å². The molecule has 2 rings (SSSR count). The fourth-order valence-electron chi connectivity index (χ4n) is 1.70. The molecule has 0 spiro atoms. The third-order valence-corrected chi connectivity index (χ3v) is 3.94. The summed E-state index contributed by atoms with van der Waals surface area (Å²) in [5.74, 6) is -0.266. The quantitative estimate of drug-likeness (QED) is 0.751. The van der Waals surface area contributed by atoms with Crippen LogP contribution in [-0.2, 0) is 0 Å². The fraction of sp³-hybridized carbons (Fsp3) is 0.143. The largest absolute Gasteiger partial charge is 0.321 e. The van der Waals surface area contributed by atoms with Crippen molar-refractivity contribution in [1.29, 1.82) is 0 Å². The lowest BCUT2D eigenvalue weighted by atomic mass is 10.2. The number of halogens is 3. The monoisotopic (exact) mass is 372 g/mol. The molecule has 0 bridgehead atoms.